The molecule has 0 bridgehead atoms. The van der Waals surface area contributed by atoms with Crippen LogP contribution in [-0.2, 0) is 11.2 Å². The van der Waals surface area contributed by atoms with E-state index in [2.05, 4.69) is 25.7 Å². The van der Waals surface area contributed by atoms with Crippen molar-refractivity contribution in [3.8, 4) is 0 Å². The molecule has 0 aliphatic carbocycles. The maximum absolute atomic E-state index is 11.8. The third kappa shape index (κ3) is 5.37. The number of amides is 3. The summed E-state index contributed by atoms with van der Waals surface area (Å²) >= 11 is 0. The molecule has 0 spiro atoms. The first-order valence-electron chi connectivity index (χ1n) is 9.39. The van der Waals surface area contributed by atoms with Gasteiger partial charge in [0.05, 0.1) is 12.6 Å². The Morgan fingerprint density at radius 3 is 2.57 bits per heavy atom. The number of benzene rings is 1. The van der Waals surface area contributed by atoms with Crippen molar-refractivity contribution in [2.75, 3.05) is 39.8 Å². The van der Waals surface area contributed by atoms with E-state index < -0.39 is 6.03 Å². The van der Waals surface area contributed by atoms with Gasteiger partial charge in [-0.2, -0.15) is 4.98 Å². The van der Waals surface area contributed by atoms with Gasteiger partial charge in [-0.25, -0.2) is 4.79 Å². The van der Waals surface area contributed by atoms with Crippen LogP contribution < -0.4 is 10.6 Å². The van der Waals surface area contributed by atoms with E-state index in [0.717, 1.165) is 31.7 Å². The van der Waals surface area contributed by atoms with E-state index in [1.807, 2.05) is 42.2 Å². The number of nitrogens with one attached hydrogen (secondary N) is 2. The van der Waals surface area contributed by atoms with Crippen LogP contribution >= 0.6 is 0 Å². The number of carbonyl (C=O) groups is 2. The minimum Gasteiger partial charge on any atom is -0.341 e. The van der Waals surface area contributed by atoms with Gasteiger partial charge < -0.3 is 9.84 Å². The third-order valence-electron chi connectivity index (χ3n) is 4.85. The van der Waals surface area contributed by atoms with Crippen molar-refractivity contribution >= 4 is 11.9 Å². The lowest BCUT2D eigenvalue weighted by atomic mass is 10.1. The van der Waals surface area contributed by atoms with Crippen LogP contribution in [0.1, 0.15) is 30.2 Å². The molecule has 9 nitrogen and oxygen atoms in total. The summed E-state index contributed by atoms with van der Waals surface area (Å²) in [5.74, 6) is 0.984. The second-order valence-corrected chi connectivity index (χ2v) is 6.83. The maximum atomic E-state index is 11.8. The van der Waals surface area contributed by atoms with Crippen molar-refractivity contribution in [1.82, 2.24) is 30.6 Å². The Morgan fingerprint density at radius 1 is 1.18 bits per heavy atom. The maximum Gasteiger partial charge on any atom is 0.321 e. The number of imide groups is 1. The predicted molar refractivity (Wildman–Crippen MR) is 103 cm³/mol. The van der Waals surface area contributed by atoms with E-state index in [4.69, 9.17) is 4.52 Å². The van der Waals surface area contributed by atoms with Crippen molar-refractivity contribution in [1.29, 1.82) is 0 Å². The van der Waals surface area contributed by atoms with Crippen LogP contribution in [0, 0.1) is 0 Å². The number of aromatic nitrogens is 2. The molecule has 1 fully saturated rings. The molecule has 9 heteroatoms. The molecule has 3 rings (SSSR count). The van der Waals surface area contributed by atoms with Gasteiger partial charge in [-0.1, -0.05) is 35.5 Å². The van der Waals surface area contributed by atoms with E-state index in [1.54, 1.807) is 0 Å². The molecule has 2 N–H and O–H groups in total. The summed E-state index contributed by atoms with van der Waals surface area (Å²) in [5.41, 5.74) is 1.14. The van der Waals surface area contributed by atoms with Crippen molar-refractivity contribution < 1.29 is 14.1 Å². The zero-order valence-electron chi connectivity index (χ0n) is 16.2. The SMILES string of the molecule is CNC(=O)NC(=O)CN1CCN([C@H](C)c2nc(Cc3ccccc3)no2)CC1. The Hall–Kier alpha value is -2.78. The molecule has 2 aromatic rings. The zero-order valence-corrected chi connectivity index (χ0v) is 16.2. The molecule has 0 radical (unpaired) electrons. The molecule has 3 amide bonds. The lowest BCUT2D eigenvalue weighted by molar-refractivity contribution is -0.121. The molecular weight excluding hydrogens is 360 g/mol. The van der Waals surface area contributed by atoms with Gasteiger partial charge in [-0.15, -0.1) is 0 Å². The van der Waals surface area contributed by atoms with Crippen LogP contribution in [0.5, 0.6) is 0 Å². The summed E-state index contributed by atoms with van der Waals surface area (Å²) in [6.07, 6.45) is 0.644. The first-order valence-corrected chi connectivity index (χ1v) is 9.39. The highest BCUT2D eigenvalue weighted by molar-refractivity contribution is 5.95. The molecule has 1 aromatic heterocycles. The summed E-state index contributed by atoms with van der Waals surface area (Å²) in [5, 5.41) is 8.75. The summed E-state index contributed by atoms with van der Waals surface area (Å²) in [7, 11) is 1.48. The van der Waals surface area contributed by atoms with Crippen LogP contribution in [0.2, 0.25) is 0 Å². The van der Waals surface area contributed by atoms with Gasteiger partial charge in [-0.05, 0) is 12.5 Å². The van der Waals surface area contributed by atoms with Crippen LogP contribution in [0.3, 0.4) is 0 Å². The molecule has 1 aromatic carbocycles. The molecule has 2 heterocycles. The smallest absolute Gasteiger partial charge is 0.321 e. The van der Waals surface area contributed by atoms with Crippen molar-refractivity contribution in [2.24, 2.45) is 0 Å². The van der Waals surface area contributed by atoms with E-state index in [1.165, 1.54) is 7.05 Å². The summed E-state index contributed by atoms with van der Waals surface area (Å²) in [6, 6.07) is 9.58. The number of rotatable bonds is 6. The normalized spacial score (nSPS) is 16.5. The molecule has 0 unspecified atom stereocenters. The van der Waals surface area contributed by atoms with Gasteiger partial charge in [0.15, 0.2) is 5.82 Å². The van der Waals surface area contributed by atoms with Crippen LogP contribution in [0.4, 0.5) is 4.79 Å². The second kappa shape index (κ2) is 9.43. The predicted octanol–water partition coefficient (Wildman–Crippen LogP) is 0.795. The zero-order chi connectivity index (χ0) is 19.9. The number of nitrogens with zero attached hydrogens (tertiary/aromatic N) is 4. The fourth-order valence-electron chi connectivity index (χ4n) is 3.18. The molecule has 1 aliphatic heterocycles. The number of carbonyl (C=O) groups excluding carboxylic acids is 2. The number of hydrogen-bond donors (Lipinski definition) is 2. The Balaban J connectivity index is 1.48. The van der Waals surface area contributed by atoms with E-state index in [-0.39, 0.29) is 18.5 Å². The summed E-state index contributed by atoms with van der Waals surface area (Å²) < 4.78 is 5.47. The average molecular weight is 386 g/mol. The third-order valence-corrected chi connectivity index (χ3v) is 4.85. The molecular formula is C19H26N6O3. The Bertz CT molecular complexity index is 786. The molecule has 1 atom stereocenters. The summed E-state index contributed by atoms with van der Waals surface area (Å²) in [6.45, 7) is 5.29. The standard InChI is InChI=1S/C19H26N6O3/c1-14(18-21-16(23-28-18)12-15-6-4-3-5-7-15)25-10-8-24(9-11-25)13-17(26)22-19(27)20-2/h3-7,14H,8-13H2,1-2H3,(H2,20,22,26,27)/t14-/m1/s1. The van der Waals surface area contributed by atoms with Gasteiger partial charge in [0.25, 0.3) is 0 Å². The van der Waals surface area contributed by atoms with Gasteiger partial charge in [0.2, 0.25) is 11.8 Å². The number of piperazine rings is 1. The Kier molecular flexibility index (Phi) is 6.72. The fraction of sp³-hybridized carbons (Fsp3) is 0.474. The molecule has 150 valence electrons. The minimum absolute atomic E-state index is 0.0128. The van der Waals surface area contributed by atoms with Crippen LogP contribution in [0.15, 0.2) is 34.9 Å². The minimum atomic E-state index is -0.486. The monoisotopic (exact) mass is 386 g/mol. The lowest BCUT2D eigenvalue weighted by Crippen LogP contribution is -2.51. The van der Waals surface area contributed by atoms with E-state index in [0.29, 0.717) is 18.1 Å². The first-order chi connectivity index (χ1) is 13.5. The summed E-state index contributed by atoms with van der Waals surface area (Å²) in [4.78, 5) is 31.8. The van der Waals surface area contributed by atoms with Crippen molar-refractivity contribution in [2.45, 2.75) is 19.4 Å². The molecule has 1 aliphatic rings. The number of urea groups is 1. The lowest BCUT2D eigenvalue weighted by Gasteiger charge is -2.36. The molecule has 0 saturated carbocycles. The van der Waals surface area contributed by atoms with Crippen LogP contribution in [-0.4, -0.2) is 71.7 Å². The highest BCUT2D eigenvalue weighted by Crippen LogP contribution is 2.20. The Morgan fingerprint density at radius 2 is 1.89 bits per heavy atom. The fourth-order valence-corrected chi connectivity index (χ4v) is 3.18. The van der Waals surface area contributed by atoms with Crippen LogP contribution in [0.25, 0.3) is 0 Å². The first kappa shape index (κ1) is 20.0. The van der Waals surface area contributed by atoms with Gasteiger partial charge in [0, 0.05) is 39.6 Å². The van der Waals surface area contributed by atoms with Gasteiger partial charge >= 0.3 is 6.03 Å². The van der Waals surface area contributed by atoms with Gasteiger partial charge in [0.1, 0.15) is 0 Å². The second-order valence-electron chi connectivity index (χ2n) is 6.83. The van der Waals surface area contributed by atoms with Gasteiger partial charge in [-0.3, -0.25) is 19.9 Å². The average Bonchev–Trinajstić information content (AvgIpc) is 3.17. The quantitative estimate of drug-likeness (QED) is 0.757. The van der Waals surface area contributed by atoms with E-state index in [9.17, 15) is 9.59 Å². The highest BCUT2D eigenvalue weighted by atomic mass is 16.5. The molecule has 1 saturated heterocycles. The Labute approximate surface area is 164 Å². The van der Waals surface area contributed by atoms with Crippen molar-refractivity contribution in [3.63, 3.8) is 0 Å². The topological polar surface area (TPSA) is 104 Å². The molecule has 28 heavy (non-hydrogen) atoms. The highest BCUT2D eigenvalue weighted by Gasteiger charge is 2.26. The number of hydrogen-bond acceptors (Lipinski definition) is 7. The largest absolute Gasteiger partial charge is 0.341 e. The van der Waals surface area contributed by atoms with Crippen molar-refractivity contribution in [3.05, 3.63) is 47.6 Å². The van der Waals surface area contributed by atoms with E-state index >= 15 is 0 Å².